The van der Waals surface area contributed by atoms with Gasteiger partial charge in [0.1, 0.15) is 12.4 Å². The second-order valence-electron chi connectivity index (χ2n) is 7.56. The van der Waals surface area contributed by atoms with E-state index < -0.39 is 0 Å². The van der Waals surface area contributed by atoms with E-state index in [1.807, 2.05) is 62.4 Å². The average Bonchev–Trinajstić information content (AvgIpc) is 2.83. The van der Waals surface area contributed by atoms with E-state index in [0.29, 0.717) is 23.5 Å². The Hall–Kier alpha value is -3.80. The molecular weight excluding hydrogens is 402 g/mol. The molecule has 32 heavy (non-hydrogen) atoms. The van der Waals surface area contributed by atoms with Crippen LogP contribution < -0.4 is 20.7 Å². The van der Waals surface area contributed by atoms with E-state index >= 15 is 0 Å². The number of rotatable bonds is 10. The van der Waals surface area contributed by atoms with Crippen molar-refractivity contribution in [2.75, 3.05) is 17.2 Å². The lowest BCUT2D eigenvalue weighted by Gasteiger charge is -2.13. The van der Waals surface area contributed by atoms with Crippen LogP contribution in [-0.4, -0.2) is 24.4 Å². The Morgan fingerprint density at radius 1 is 0.906 bits per heavy atom. The number of benzene rings is 3. The second-order valence-corrected chi connectivity index (χ2v) is 7.56. The van der Waals surface area contributed by atoms with Crippen LogP contribution >= 0.6 is 0 Å². The van der Waals surface area contributed by atoms with Gasteiger partial charge in [0.25, 0.3) is 5.91 Å². The normalized spacial score (nSPS) is 11.3. The van der Waals surface area contributed by atoms with Crippen LogP contribution in [-0.2, 0) is 11.4 Å². The van der Waals surface area contributed by atoms with Crippen LogP contribution in [0.4, 0.5) is 11.4 Å². The Kier molecular flexibility index (Phi) is 8.26. The summed E-state index contributed by atoms with van der Waals surface area (Å²) in [4.78, 5) is 24.6. The first-order valence-electron chi connectivity index (χ1n) is 10.7. The van der Waals surface area contributed by atoms with E-state index in [-0.39, 0.29) is 24.4 Å². The zero-order valence-electron chi connectivity index (χ0n) is 18.4. The number of ether oxygens (including phenoxy) is 1. The van der Waals surface area contributed by atoms with Gasteiger partial charge in [0.15, 0.2) is 0 Å². The molecule has 1 atom stereocenters. The quantitative estimate of drug-likeness (QED) is 0.429. The summed E-state index contributed by atoms with van der Waals surface area (Å²) in [6.45, 7) is 4.56. The first-order valence-corrected chi connectivity index (χ1v) is 10.7. The van der Waals surface area contributed by atoms with Crippen LogP contribution in [0.5, 0.6) is 5.75 Å². The van der Waals surface area contributed by atoms with Crippen molar-refractivity contribution in [1.82, 2.24) is 5.32 Å². The van der Waals surface area contributed by atoms with E-state index in [4.69, 9.17) is 4.74 Å². The van der Waals surface area contributed by atoms with Gasteiger partial charge in [-0.05, 0) is 61.4 Å². The van der Waals surface area contributed by atoms with Gasteiger partial charge in [-0.1, -0.05) is 43.3 Å². The lowest BCUT2D eigenvalue weighted by molar-refractivity contribution is -0.114. The van der Waals surface area contributed by atoms with Gasteiger partial charge in [-0.25, -0.2) is 0 Å². The minimum atomic E-state index is -0.183. The maximum Gasteiger partial charge on any atom is 0.251 e. The molecule has 3 rings (SSSR count). The Balaban J connectivity index is 1.46. The number of nitrogens with one attached hydrogen (secondary N) is 3. The highest BCUT2D eigenvalue weighted by molar-refractivity contribution is 5.96. The molecule has 0 aromatic heterocycles. The molecule has 0 radical (unpaired) electrons. The molecule has 166 valence electrons. The number of hydrogen-bond donors (Lipinski definition) is 3. The summed E-state index contributed by atoms with van der Waals surface area (Å²) in [5.74, 6) is 0.428. The Morgan fingerprint density at radius 3 is 2.38 bits per heavy atom. The van der Waals surface area contributed by atoms with E-state index in [1.54, 1.807) is 30.3 Å². The third kappa shape index (κ3) is 7.16. The molecule has 1 unspecified atom stereocenters. The molecular formula is C26H29N3O3. The summed E-state index contributed by atoms with van der Waals surface area (Å²) >= 11 is 0. The van der Waals surface area contributed by atoms with Gasteiger partial charge in [0, 0.05) is 23.0 Å². The van der Waals surface area contributed by atoms with Crippen molar-refractivity contribution in [3.63, 3.8) is 0 Å². The lowest BCUT2D eigenvalue weighted by atomic mass is 10.1. The molecule has 3 aromatic rings. The third-order valence-corrected chi connectivity index (χ3v) is 4.95. The maximum absolute atomic E-state index is 12.3. The standard InChI is InChI=1S/C26H29N3O3/c1-3-19(2)28-26(31)21-10-7-11-23(16-21)27-17-25(30)29-22-12-14-24(15-13-22)32-18-20-8-5-4-6-9-20/h4-16,19,27H,3,17-18H2,1-2H3,(H,28,31)(H,29,30). The lowest BCUT2D eigenvalue weighted by Crippen LogP contribution is -2.31. The molecule has 0 aliphatic rings. The van der Waals surface area contributed by atoms with Gasteiger partial charge in [-0.15, -0.1) is 0 Å². The minimum absolute atomic E-state index is 0.0860. The first-order chi connectivity index (χ1) is 15.5. The molecule has 3 N–H and O–H groups in total. The Morgan fingerprint density at radius 2 is 1.66 bits per heavy atom. The van der Waals surface area contributed by atoms with Crippen LogP contribution in [0.3, 0.4) is 0 Å². The number of carbonyl (C=O) groups excluding carboxylic acids is 2. The van der Waals surface area contributed by atoms with Crippen LogP contribution in [0.2, 0.25) is 0 Å². The van der Waals surface area contributed by atoms with Gasteiger partial charge in [0.05, 0.1) is 6.54 Å². The summed E-state index contributed by atoms with van der Waals surface area (Å²) in [7, 11) is 0. The summed E-state index contributed by atoms with van der Waals surface area (Å²) in [6.07, 6.45) is 0.865. The zero-order valence-corrected chi connectivity index (χ0v) is 18.4. The smallest absolute Gasteiger partial charge is 0.251 e. The third-order valence-electron chi connectivity index (χ3n) is 4.95. The molecule has 6 nitrogen and oxygen atoms in total. The summed E-state index contributed by atoms with van der Waals surface area (Å²) in [6, 6.07) is 24.4. The van der Waals surface area contributed by atoms with Gasteiger partial charge in [0.2, 0.25) is 5.91 Å². The minimum Gasteiger partial charge on any atom is -0.489 e. The van der Waals surface area contributed by atoms with E-state index in [2.05, 4.69) is 16.0 Å². The Labute approximate surface area is 189 Å². The fraction of sp³-hybridized carbons (Fsp3) is 0.231. The van der Waals surface area contributed by atoms with E-state index in [9.17, 15) is 9.59 Å². The number of hydrogen-bond acceptors (Lipinski definition) is 4. The molecule has 0 saturated heterocycles. The van der Waals surface area contributed by atoms with Crippen molar-refractivity contribution in [3.8, 4) is 5.75 Å². The summed E-state index contributed by atoms with van der Waals surface area (Å²) in [5.41, 5.74) is 3.05. The molecule has 0 saturated carbocycles. The van der Waals surface area contributed by atoms with Crippen molar-refractivity contribution in [1.29, 1.82) is 0 Å². The molecule has 0 bridgehead atoms. The van der Waals surface area contributed by atoms with Crippen LogP contribution in [0.15, 0.2) is 78.9 Å². The predicted molar refractivity (Wildman–Crippen MR) is 128 cm³/mol. The molecule has 0 aliphatic carbocycles. The van der Waals surface area contributed by atoms with Crippen LogP contribution in [0.25, 0.3) is 0 Å². The van der Waals surface area contributed by atoms with E-state index in [0.717, 1.165) is 17.7 Å². The SMILES string of the molecule is CCC(C)NC(=O)c1cccc(NCC(=O)Nc2ccc(OCc3ccccc3)cc2)c1. The van der Waals surface area contributed by atoms with Crippen molar-refractivity contribution in [2.45, 2.75) is 32.9 Å². The second kappa shape index (κ2) is 11.6. The number of carbonyl (C=O) groups is 2. The molecule has 3 aromatic carbocycles. The number of anilines is 2. The van der Waals surface area contributed by atoms with Gasteiger partial charge in [-0.2, -0.15) is 0 Å². The summed E-state index contributed by atoms with van der Waals surface area (Å²) < 4.78 is 5.76. The molecule has 0 aliphatic heterocycles. The highest BCUT2D eigenvalue weighted by Crippen LogP contribution is 2.17. The highest BCUT2D eigenvalue weighted by atomic mass is 16.5. The molecule has 0 spiro atoms. The Bertz CT molecular complexity index is 1020. The summed E-state index contributed by atoms with van der Waals surface area (Å²) in [5, 5.41) is 8.85. The van der Waals surface area contributed by atoms with Crippen molar-refractivity contribution < 1.29 is 14.3 Å². The molecule has 2 amide bonds. The highest BCUT2D eigenvalue weighted by Gasteiger charge is 2.09. The molecule has 6 heteroatoms. The fourth-order valence-corrected chi connectivity index (χ4v) is 2.94. The maximum atomic E-state index is 12.3. The van der Waals surface area contributed by atoms with Crippen LogP contribution in [0, 0.1) is 0 Å². The van der Waals surface area contributed by atoms with Gasteiger partial charge in [-0.3, -0.25) is 9.59 Å². The van der Waals surface area contributed by atoms with Gasteiger partial charge >= 0.3 is 0 Å². The largest absolute Gasteiger partial charge is 0.489 e. The monoisotopic (exact) mass is 431 g/mol. The van der Waals surface area contributed by atoms with E-state index in [1.165, 1.54) is 0 Å². The van der Waals surface area contributed by atoms with Crippen molar-refractivity contribution >= 4 is 23.2 Å². The predicted octanol–water partition coefficient (Wildman–Crippen LogP) is 4.84. The van der Waals surface area contributed by atoms with Crippen LogP contribution in [0.1, 0.15) is 36.2 Å². The first kappa shape index (κ1) is 22.9. The van der Waals surface area contributed by atoms with Gasteiger partial charge < -0.3 is 20.7 Å². The zero-order chi connectivity index (χ0) is 22.8. The number of amides is 2. The van der Waals surface area contributed by atoms with Crippen molar-refractivity contribution in [2.24, 2.45) is 0 Å². The van der Waals surface area contributed by atoms with Crippen molar-refractivity contribution in [3.05, 3.63) is 90.0 Å². The topological polar surface area (TPSA) is 79.5 Å². The molecule has 0 fully saturated rings. The average molecular weight is 432 g/mol. The molecule has 0 heterocycles. The fourth-order valence-electron chi connectivity index (χ4n) is 2.94.